The lowest BCUT2D eigenvalue weighted by atomic mass is 9.99. The molecule has 38 heavy (non-hydrogen) atoms. The quantitative estimate of drug-likeness (QED) is 0.463. The van der Waals surface area contributed by atoms with Crippen LogP contribution in [-0.4, -0.2) is 75.8 Å². The molecule has 0 aliphatic carbocycles. The normalized spacial score (nSPS) is 18.4. The lowest BCUT2D eigenvalue weighted by Crippen LogP contribution is -2.49. The van der Waals surface area contributed by atoms with Gasteiger partial charge in [-0.15, -0.1) is 0 Å². The van der Waals surface area contributed by atoms with E-state index in [9.17, 15) is 19.1 Å². The van der Waals surface area contributed by atoms with E-state index in [0.717, 1.165) is 11.1 Å². The van der Waals surface area contributed by atoms with Crippen molar-refractivity contribution in [1.29, 1.82) is 0 Å². The van der Waals surface area contributed by atoms with E-state index in [2.05, 4.69) is 9.88 Å². The summed E-state index contributed by atoms with van der Waals surface area (Å²) in [5.74, 6) is -1.46. The maximum atomic E-state index is 13.6. The predicted octanol–water partition coefficient (Wildman–Crippen LogP) is 3.94. The topological polar surface area (TPSA) is 103 Å². The average Bonchev–Trinajstić information content (AvgIpc) is 2.90. The second-order valence-corrected chi connectivity index (χ2v) is 9.91. The number of fused-ring (bicyclic) bond motifs is 1. The first-order chi connectivity index (χ1) is 18.2. The van der Waals surface area contributed by atoms with Gasteiger partial charge in [0.05, 0.1) is 18.2 Å². The monoisotopic (exact) mass is 521 g/mol. The van der Waals surface area contributed by atoms with E-state index in [-0.39, 0.29) is 47.4 Å². The standard InChI is InChI=1S/C29H32FN3O5/c1-18-14-33(19(2)17-34)28(35)25-12-23(21-8-10-24(30)11-9-21)13-31-27(25)38-26(18)16-32(3)15-20-4-6-22(7-5-20)29(36)37/h4-13,18-19,26,34H,14-17H2,1-3H3,(H,36,37)/t18-,19+,26-/m1/s1. The molecule has 1 amide bonds. The number of aromatic nitrogens is 1. The summed E-state index contributed by atoms with van der Waals surface area (Å²) < 4.78 is 19.8. The molecular formula is C29H32FN3O5. The van der Waals surface area contributed by atoms with Gasteiger partial charge in [0.15, 0.2) is 0 Å². The van der Waals surface area contributed by atoms with Crippen molar-refractivity contribution < 1.29 is 28.9 Å². The third kappa shape index (κ3) is 6.17. The molecule has 3 atom stereocenters. The van der Waals surface area contributed by atoms with Gasteiger partial charge in [0.2, 0.25) is 5.88 Å². The van der Waals surface area contributed by atoms with Crippen molar-refractivity contribution in [3.63, 3.8) is 0 Å². The van der Waals surface area contributed by atoms with Gasteiger partial charge in [-0.3, -0.25) is 9.69 Å². The molecule has 2 heterocycles. The summed E-state index contributed by atoms with van der Waals surface area (Å²) in [6, 6.07) is 14.0. The second kappa shape index (κ2) is 11.7. The Morgan fingerprint density at radius 3 is 2.50 bits per heavy atom. The minimum Gasteiger partial charge on any atom is -0.478 e. The van der Waals surface area contributed by atoms with Gasteiger partial charge in [-0.25, -0.2) is 14.2 Å². The van der Waals surface area contributed by atoms with Crippen LogP contribution in [0.15, 0.2) is 60.8 Å². The summed E-state index contributed by atoms with van der Waals surface area (Å²) in [5, 5.41) is 19.0. The number of carboxylic acid groups (broad SMARTS) is 1. The molecule has 3 aromatic rings. The molecule has 0 fully saturated rings. The van der Waals surface area contributed by atoms with Crippen LogP contribution in [-0.2, 0) is 6.54 Å². The van der Waals surface area contributed by atoms with Crippen molar-refractivity contribution in [2.45, 2.75) is 32.5 Å². The van der Waals surface area contributed by atoms with Crippen LogP contribution in [0.4, 0.5) is 4.39 Å². The van der Waals surface area contributed by atoms with Gasteiger partial charge in [-0.05, 0) is 55.4 Å². The zero-order chi connectivity index (χ0) is 27.4. The molecule has 9 heteroatoms. The number of amides is 1. The second-order valence-electron chi connectivity index (χ2n) is 9.91. The van der Waals surface area contributed by atoms with Crippen LogP contribution in [0.5, 0.6) is 5.88 Å². The van der Waals surface area contributed by atoms with Crippen LogP contribution >= 0.6 is 0 Å². The highest BCUT2D eigenvalue weighted by Gasteiger charge is 2.34. The number of halogens is 1. The minimum atomic E-state index is -0.966. The Labute approximate surface area is 221 Å². The van der Waals surface area contributed by atoms with Crippen LogP contribution in [0.1, 0.15) is 40.1 Å². The zero-order valence-corrected chi connectivity index (χ0v) is 21.7. The van der Waals surface area contributed by atoms with E-state index in [1.54, 1.807) is 60.5 Å². The van der Waals surface area contributed by atoms with E-state index >= 15 is 0 Å². The average molecular weight is 522 g/mol. The Hall–Kier alpha value is -3.82. The van der Waals surface area contributed by atoms with Crippen molar-refractivity contribution in [2.75, 3.05) is 26.7 Å². The van der Waals surface area contributed by atoms with Gasteiger partial charge in [0, 0.05) is 37.3 Å². The van der Waals surface area contributed by atoms with Crippen LogP contribution in [0.25, 0.3) is 11.1 Å². The molecule has 2 aromatic carbocycles. The third-order valence-corrected chi connectivity index (χ3v) is 6.84. The van der Waals surface area contributed by atoms with Gasteiger partial charge in [0.25, 0.3) is 5.91 Å². The number of likely N-dealkylation sites (N-methyl/N-ethyl adjacent to an activating group) is 1. The Balaban J connectivity index is 1.61. The summed E-state index contributed by atoms with van der Waals surface area (Å²) >= 11 is 0. The highest BCUT2D eigenvalue weighted by Crippen LogP contribution is 2.30. The molecule has 0 saturated carbocycles. The molecular weight excluding hydrogens is 489 g/mol. The number of ether oxygens (including phenoxy) is 1. The number of carboxylic acids is 1. The molecule has 2 N–H and O–H groups in total. The van der Waals surface area contributed by atoms with E-state index in [0.29, 0.717) is 25.2 Å². The summed E-state index contributed by atoms with van der Waals surface area (Å²) in [5.41, 5.74) is 2.86. The number of pyridine rings is 1. The molecule has 1 aliphatic heterocycles. The van der Waals surface area contributed by atoms with Crippen molar-refractivity contribution >= 4 is 11.9 Å². The number of carbonyl (C=O) groups is 2. The largest absolute Gasteiger partial charge is 0.478 e. The van der Waals surface area contributed by atoms with Crippen LogP contribution in [0.3, 0.4) is 0 Å². The van der Waals surface area contributed by atoms with Crippen molar-refractivity contribution in [2.24, 2.45) is 5.92 Å². The Bertz CT molecular complexity index is 1280. The number of rotatable bonds is 8. The number of hydrogen-bond donors (Lipinski definition) is 2. The SMILES string of the molecule is C[C@@H]1CN([C@@H](C)CO)C(=O)c2cc(-c3ccc(F)cc3)cnc2O[C@@H]1CN(C)Cc1ccc(C(=O)O)cc1. The van der Waals surface area contributed by atoms with Crippen molar-refractivity contribution in [3.8, 4) is 17.0 Å². The molecule has 200 valence electrons. The Morgan fingerprint density at radius 1 is 1.18 bits per heavy atom. The first-order valence-electron chi connectivity index (χ1n) is 12.5. The fourth-order valence-electron chi connectivity index (χ4n) is 4.56. The number of nitrogens with zero attached hydrogens (tertiary/aromatic N) is 3. The Kier molecular flexibility index (Phi) is 8.38. The summed E-state index contributed by atoms with van der Waals surface area (Å²) in [6.07, 6.45) is 1.29. The molecule has 0 saturated heterocycles. The van der Waals surface area contributed by atoms with Crippen LogP contribution in [0.2, 0.25) is 0 Å². The number of aliphatic hydroxyl groups excluding tert-OH is 1. The maximum Gasteiger partial charge on any atom is 0.335 e. The van der Waals surface area contributed by atoms with Gasteiger partial charge in [0.1, 0.15) is 17.5 Å². The minimum absolute atomic E-state index is 0.0727. The summed E-state index contributed by atoms with van der Waals surface area (Å²) in [6.45, 7) is 5.10. The highest BCUT2D eigenvalue weighted by atomic mass is 19.1. The first kappa shape index (κ1) is 27.2. The van der Waals surface area contributed by atoms with Crippen molar-refractivity contribution in [1.82, 2.24) is 14.8 Å². The summed E-state index contributed by atoms with van der Waals surface area (Å²) in [4.78, 5) is 33.0. The summed E-state index contributed by atoms with van der Waals surface area (Å²) in [7, 11) is 1.95. The number of carbonyl (C=O) groups excluding carboxylic acids is 1. The lowest BCUT2D eigenvalue weighted by Gasteiger charge is -2.37. The third-order valence-electron chi connectivity index (χ3n) is 6.84. The highest BCUT2D eigenvalue weighted by molar-refractivity contribution is 5.98. The molecule has 0 radical (unpaired) electrons. The molecule has 1 aromatic heterocycles. The zero-order valence-electron chi connectivity index (χ0n) is 21.7. The fourth-order valence-corrected chi connectivity index (χ4v) is 4.56. The molecule has 4 rings (SSSR count). The Morgan fingerprint density at radius 2 is 1.87 bits per heavy atom. The van der Waals surface area contributed by atoms with E-state index < -0.39 is 12.0 Å². The van der Waals surface area contributed by atoms with E-state index in [4.69, 9.17) is 9.84 Å². The number of aromatic carboxylic acids is 1. The fraction of sp³-hybridized carbons (Fsp3) is 0.345. The van der Waals surface area contributed by atoms with Gasteiger partial charge in [-0.1, -0.05) is 31.2 Å². The smallest absolute Gasteiger partial charge is 0.335 e. The van der Waals surface area contributed by atoms with Crippen LogP contribution in [0, 0.1) is 11.7 Å². The predicted molar refractivity (Wildman–Crippen MR) is 141 cm³/mol. The van der Waals surface area contributed by atoms with Crippen molar-refractivity contribution in [3.05, 3.63) is 83.3 Å². The molecule has 0 bridgehead atoms. The van der Waals surface area contributed by atoms with Gasteiger partial charge >= 0.3 is 5.97 Å². The molecule has 8 nitrogen and oxygen atoms in total. The maximum absolute atomic E-state index is 13.6. The van der Waals surface area contributed by atoms with Gasteiger partial charge < -0.3 is 19.8 Å². The number of benzene rings is 2. The molecule has 0 spiro atoms. The lowest BCUT2D eigenvalue weighted by molar-refractivity contribution is 0.0325. The van der Waals surface area contributed by atoms with E-state index in [1.807, 2.05) is 14.0 Å². The molecule has 1 aliphatic rings. The first-order valence-corrected chi connectivity index (χ1v) is 12.5. The number of aliphatic hydroxyl groups is 1. The van der Waals surface area contributed by atoms with E-state index in [1.165, 1.54) is 12.1 Å². The number of hydrogen-bond acceptors (Lipinski definition) is 6. The molecule has 0 unspecified atom stereocenters. The van der Waals surface area contributed by atoms with Gasteiger partial charge in [-0.2, -0.15) is 0 Å². The van der Waals surface area contributed by atoms with Crippen LogP contribution < -0.4 is 4.74 Å².